The smallest absolute Gasteiger partial charge is 0.222 e. The molecule has 8 heteroatoms. The Morgan fingerprint density at radius 2 is 2.11 bits per heavy atom. The molecule has 28 heavy (non-hydrogen) atoms. The molecule has 0 unspecified atom stereocenters. The number of nitrogens with zero attached hydrogens (tertiary/aromatic N) is 4. The number of rotatable bonds is 5. The van der Waals surface area contributed by atoms with Crippen LogP contribution >= 0.6 is 11.6 Å². The van der Waals surface area contributed by atoms with Gasteiger partial charge in [0.1, 0.15) is 11.4 Å². The summed E-state index contributed by atoms with van der Waals surface area (Å²) in [7, 11) is 1.63. The van der Waals surface area contributed by atoms with Crippen LogP contribution in [-0.4, -0.2) is 37.7 Å². The Morgan fingerprint density at radius 1 is 1.25 bits per heavy atom. The first-order valence-corrected chi connectivity index (χ1v) is 9.53. The van der Waals surface area contributed by atoms with Crippen molar-refractivity contribution in [3.05, 3.63) is 52.3 Å². The number of hydrogen-bond acceptors (Lipinski definition) is 5. The molecule has 1 aliphatic carbocycles. The van der Waals surface area contributed by atoms with E-state index in [-0.39, 0.29) is 5.41 Å². The lowest BCUT2D eigenvalue weighted by atomic mass is 9.96. The van der Waals surface area contributed by atoms with Gasteiger partial charge >= 0.3 is 0 Å². The molecule has 3 aromatic heterocycles. The van der Waals surface area contributed by atoms with E-state index in [0.29, 0.717) is 28.7 Å². The number of halogens is 1. The summed E-state index contributed by atoms with van der Waals surface area (Å²) >= 11 is 6.43. The van der Waals surface area contributed by atoms with Crippen LogP contribution in [0.5, 0.6) is 5.75 Å². The summed E-state index contributed by atoms with van der Waals surface area (Å²) in [5, 5.41) is 15.9. The van der Waals surface area contributed by atoms with E-state index in [9.17, 15) is 0 Å². The van der Waals surface area contributed by atoms with Crippen molar-refractivity contribution in [1.82, 2.24) is 30.6 Å². The fourth-order valence-electron chi connectivity index (χ4n) is 3.70. The molecule has 1 fully saturated rings. The highest BCUT2D eigenvalue weighted by Gasteiger charge is 2.42. The van der Waals surface area contributed by atoms with Crippen LogP contribution in [0.15, 0.2) is 30.3 Å². The number of hydrogen-bond donors (Lipinski definition) is 2. The monoisotopic (exact) mass is 394 g/mol. The third-order valence-corrected chi connectivity index (χ3v) is 5.82. The van der Waals surface area contributed by atoms with Crippen LogP contribution in [0.2, 0.25) is 5.02 Å². The van der Waals surface area contributed by atoms with Gasteiger partial charge in [-0.15, -0.1) is 10.2 Å². The van der Waals surface area contributed by atoms with Crippen LogP contribution < -0.4 is 4.74 Å². The highest BCUT2D eigenvalue weighted by atomic mass is 35.5. The number of nitrogens with one attached hydrogen (secondary N) is 2. The van der Waals surface area contributed by atoms with Gasteiger partial charge in [0, 0.05) is 40.2 Å². The van der Waals surface area contributed by atoms with E-state index in [4.69, 9.17) is 21.3 Å². The SMILES string of the molecule is COc1cc2[nH]c(C3(C)CC3)c(Cc3cccc(-c4nn[nH]n4)n3)c2cc1Cl. The predicted molar refractivity (Wildman–Crippen MR) is 107 cm³/mol. The Kier molecular flexibility index (Phi) is 3.87. The molecule has 0 aliphatic heterocycles. The molecule has 2 N–H and O–H groups in total. The number of aromatic amines is 2. The number of H-pyrrole nitrogens is 2. The number of benzene rings is 1. The molecule has 0 bridgehead atoms. The van der Waals surface area contributed by atoms with Crippen molar-refractivity contribution in [2.45, 2.75) is 31.6 Å². The van der Waals surface area contributed by atoms with Gasteiger partial charge in [0.05, 0.1) is 12.1 Å². The zero-order valence-electron chi connectivity index (χ0n) is 15.6. The molecule has 4 aromatic rings. The first-order chi connectivity index (χ1) is 13.6. The lowest BCUT2D eigenvalue weighted by Gasteiger charge is -2.11. The molecular formula is C20H19ClN6O. The van der Waals surface area contributed by atoms with Crippen LogP contribution in [0, 0.1) is 0 Å². The normalized spacial score (nSPS) is 15.1. The number of aromatic nitrogens is 6. The molecule has 7 nitrogen and oxygen atoms in total. The van der Waals surface area contributed by atoms with Crippen molar-refractivity contribution >= 4 is 22.5 Å². The number of tetrazole rings is 1. The quantitative estimate of drug-likeness (QED) is 0.532. The average molecular weight is 395 g/mol. The lowest BCUT2D eigenvalue weighted by molar-refractivity contribution is 0.415. The minimum Gasteiger partial charge on any atom is -0.495 e. The highest BCUT2D eigenvalue weighted by molar-refractivity contribution is 6.32. The van der Waals surface area contributed by atoms with Gasteiger partial charge < -0.3 is 9.72 Å². The molecule has 0 spiro atoms. The van der Waals surface area contributed by atoms with Gasteiger partial charge in [-0.25, -0.2) is 4.98 Å². The number of ether oxygens (including phenoxy) is 1. The van der Waals surface area contributed by atoms with Gasteiger partial charge in [-0.1, -0.05) is 24.6 Å². The van der Waals surface area contributed by atoms with E-state index in [2.05, 4.69) is 32.5 Å². The summed E-state index contributed by atoms with van der Waals surface area (Å²) in [6, 6.07) is 9.83. The molecule has 3 heterocycles. The van der Waals surface area contributed by atoms with Crippen LogP contribution in [0.3, 0.4) is 0 Å². The zero-order chi connectivity index (χ0) is 19.3. The molecule has 0 saturated heterocycles. The minimum atomic E-state index is 0.180. The lowest BCUT2D eigenvalue weighted by Crippen LogP contribution is -2.05. The summed E-state index contributed by atoms with van der Waals surface area (Å²) in [4.78, 5) is 8.36. The van der Waals surface area contributed by atoms with E-state index in [1.54, 1.807) is 7.11 Å². The molecule has 1 saturated carbocycles. The van der Waals surface area contributed by atoms with E-state index in [0.717, 1.165) is 16.6 Å². The van der Waals surface area contributed by atoms with E-state index in [1.807, 2.05) is 30.3 Å². The number of fused-ring (bicyclic) bond motifs is 1. The summed E-state index contributed by atoms with van der Waals surface area (Å²) < 4.78 is 5.39. The average Bonchev–Trinajstić information content (AvgIpc) is 3.10. The number of methoxy groups -OCH3 is 1. The Morgan fingerprint density at radius 3 is 2.82 bits per heavy atom. The molecule has 5 rings (SSSR count). The molecular weight excluding hydrogens is 376 g/mol. The highest BCUT2D eigenvalue weighted by Crippen LogP contribution is 2.50. The zero-order valence-corrected chi connectivity index (χ0v) is 16.3. The summed E-state index contributed by atoms with van der Waals surface area (Å²) in [6.07, 6.45) is 3.04. The van der Waals surface area contributed by atoms with E-state index in [1.165, 1.54) is 24.1 Å². The van der Waals surface area contributed by atoms with Gasteiger partial charge in [-0.05, 0) is 41.8 Å². The Balaban J connectivity index is 1.62. The topological polar surface area (TPSA) is 92.4 Å². The fraction of sp³-hybridized carbons (Fsp3) is 0.300. The van der Waals surface area contributed by atoms with Gasteiger partial charge in [-0.2, -0.15) is 5.21 Å². The van der Waals surface area contributed by atoms with Crippen LogP contribution in [0.1, 0.15) is 36.7 Å². The van der Waals surface area contributed by atoms with Crippen molar-refractivity contribution in [3.63, 3.8) is 0 Å². The predicted octanol–water partition coefficient (Wildman–Crippen LogP) is 4.05. The van der Waals surface area contributed by atoms with Crippen molar-refractivity contribution in [3.8, 4) is 17.3 Å². The molecule has 1 aliphatic rings. The Bertz CT molecular complexity index is 1160. The van der Waals surface area contributed by atoms with Gasteiger partial charge in [-0.3, -0.25) is 0 Å². The van der Waals surface area contributed by atoms with Crippen molar-refractivity contribution in [1.29, 1.82) is 0 Å². The maximum absolute atomic E-state index is 6.43. The first-order valence-electron chi connectivity index (χ1n) is 9.16. The van der Waals surface area contributed by atoms with E-state index >= 15 is 0 Å². The third kappa shape index (κ3) is 2.82. The first kappa shape index (κ1) is 17.2. The number of pyridine rings is 1. The van der Waals surface area contributed by atoms with Gasteiger partial charge in [0.2, 0.25) is 5.82 Å². The second kappa shape index (κ2) is 6.31. The van der Waals surface area contributed by atoms with Crippen LogP contribution in [-0.2, 0) is 11.8 Å². The van der Waals surface area contributed by atoms with Gasteiger partial charge in [0.15, 0.2) is 0 Å². The Hall–Kier alpha value is -2.93. The van der Waals surface area contributed by atoms with Gasteiger partial charge in [0.25, 0.3) is 0 Å². The maximum atomic E-state index is 6.43. The molecule has 0 atom stereocenters. The molecule has 142 valence electrons. The summed E-state index contributed by atoms with van der Waals surface area (Å²) in [5.74, 6) is 1.16. The van der Waals surface area contributed by atoms with E-state index < -0.39 is 0 Å². The largest absolute Gasteiger partial charge is 0.495 e. The van der Waals surface area contributed by atoms with Crippen molar-refractivity contribution < 1.29 is 4.74 Å². The summed E-state index contributed by atoms with van der Waals surface area (Å²) in [5.41, 5.74) is 5.36. The van der Waals surface area contributed by atoms with Crippen molar-refractivity contribution in [2.24, 2.45) is 0 Å². The second-order valence-electron chi connectivity index (χ2n) is 7.50. The maximum Gasteiger partial charge on any atom is 0.222 e. The molecule has 0 amide bonds. The van der Waals surface area contributed by atoms with Crippen LogP contribution in [0.4, 0.5) is 0 Å². The summed E-state index contributed by atoms with van der Waals surface area (Å²) in [6.45, 7) is 2.29. The van der Waals surface area contributed by atoms with Crippen LogP contribution in [0.25, 0.3) is 22.4 Å². The fourth-order valence-corrected chi connectivity index (χ4v) is 3.94. The minimum absolute atomic E-state index is 0.180. The standard InChI is InChI=1S/C20H19ClN6O/c1-20(6-7-20)18-13(12-9-14(21)17(28-2)10-16(12)23-18)8-11-4-3-5-15(22-11)19-24-26-27-25-19/h3-5,9-10,23H,6-8H2,1-2H3,(H,24,25,26,27). The second-order valence-corrected chi connectivity index (χ2v) is 7.91. The molecule has 0 radical (unpaired) electrons. The third-order valence-electron chi connectivity index (χ3n) is 5.52. The molecule has 1 aromatic carbocycles. The Labute approximate surface area is 166 Å². The van der Waals surface area contributed by atoms with Crippen molar-refractivity contribution in [2.75, 3.05) is 7.11 Å².